The Hall–Kier alpha value is -2.50. The van der Waals surface area contributed by atoms with Gasteiger partial charge in [-0.05, 0) is 57.8 Å². The number of piperidine rings is 1. The first kappa shape index (κ1) is 23.2. The summed E-state index contributed by atoms with van der Waals surface area (Å²) in [6.45, 7) is 6.33. The van der Waals surface area contributed by atoms with E-state index in [1.807, 2.05) is 6.07 Å². The van der Waals surface area contributed by atoms with E-state index in [-0.39, 0.29) is 11.7 Å². The van der Waals surface area contributed by atoms with Crippen LogP contribution >= 0.6 is 0 Å². The molecule has 31 heavy (non-hydrogen) atoms. The van der Waals surface area contributed by atoms with Crippen molar-refractivity contribution in [3.05, 3.63) is 30.1 Å². The molecule has 1 aromatic heterocycles. The van der Waals surface area contributed by atoms with Crippen molar-refractivity contribution in [3.8, 4) is 11.5 Å². The van der Waals surface area contributed by atoms with Gasteiger partial charge in [0.15, 0.2) is 5.82 Å². The molecule has 1 fully saturated rings. The number of sulfonamides is 1. The van der Waals surface area contributed by atoms with Crippen molar-refractivity contribution < 1.29 is 22.8 Å². The van der Waals surface area contributed by atoms with Crippen molar-refractivity contribution >= 4 is 21.8 Å². The van der Waals surface area contributed by atoms with Crippen molar-refractivity contribution in [2.45, 2.75) is 26.7 Å². The minimum atomic E-state index is -3.18. The van der Waals surface area contributed by atoms with Crippen molar-refractivity contribution in [2.75, 3.05) is 43.4 Å². The van der Waals surface area contributed by atoms with Crippen LogP contribution in [0.25, 0.3) is 11.5 Å². The molecule has 1 aliphatic heterocycles. The summed E-state index contributed by atoms with van der Waals surface area (Å²) in [4.78, 5) is 19.9. The van der Waals surface area contributed by atoms with Gasteiger partial charge in [-0.25, -0.2) is 17.9 Å². The van der Waals surface area contributed by atoms with Gasteiger partial charge in [-0.15, -0.1) is 0 Å². The minimum absolute atomic E-state index is 0.0741. The molecule has 2 N–H and O–H groups in total. The first-order chi connectivity index (χ1) is 14.8. The Morgan fingerprint density at radius 2 is 2.03 bits per heavy atom. The molecule has 0 saturated carbocycles. The monoisotopic (exact) mass is 451 g/mol. The molecule has 0 spiro atoms. The lowest BCUT2D eigenvalue weighted by Gasteiger charge is -2.34. The maximum absolute atomic E-state index is 12.1. The van der Waals surface area contributed by atoms with Crippen molar-refractivity contribution in [1.29, 1.82) is 0 Å². The molecule has 1 aliphatic rings. The number of nitrogens with one attached hydrogen (secondary N) is 1. The number of anilines is 1. The third-order valence-electron chi connectivity index (χ3n) is 5.46. The van der Waals surface area contributed by atoms with E-state index >= 15 is 0 Å². The summed E-state index contributed by atoms with van der Waals surface area (Å²) in [6, 6.07) is 7.12. The SMILES string of the molecule is CCS(=O)(=O)NCCN1CCC(CN(C(=O)O)c2ccccc2-c2nc(C)no2)CC1. The average Bonchev–Trinajstić information content (AvgIpc) is 3.19. The number of hydrogen-bond donors (Lipinski definition) is 2. The van der Waals surface area contributed by atoms with Gasteiger partial charge < -0.3 is 14.5 Å². The number of carbonyl (C=O) groups is 1. The number of carboxylic acid groups (broad SMARTS) is 1. The number of rotatable bonds is 9. The zero-order valence-corrected chi connectivity index (χ0v) is 18.6. The maximum atomic E-state index is 12.1. The molecule has 2 aromatic rings. The highest BCUT2D eigenvalue weighted by Gasteiger charge is 2.27. The van der Waals surface area contributed by atoms with Gasteiger partial charge in [0.1, 0.15) is 0 Å². The Labute approximate surface area is 182 Å². The van der Waals surface area contributed by atoms with E-state index in [0.29, 0.717) is 42.6 Å². The number of amides is 1. The Kier molecular flexibility index (Phi) is 7.63. The van der Waals surface area contributed by atoms with E-state index in [2.05, 4.69) is 19.8 Å². The van der Waals surface area contributed by atoms with Gasteiger partial charge in [-0.3, -0.25) is 4.90 Å². The topological polar surface area (TPSA) is 129 Å². The van der Waals surface area contributed by atoms with Crippen LogP contribution in [0.4, 0.5) is 10.5 Å². The normalized spacial score (nSPS) is 15.8. The van der Waals surface area contributed by atoms with Crippen LogP contribution in [0, 0.1) is 12.8 Å². The van der Waals surface area contributed by atoms with E-state index < -0.39 is 16.1 Å². The van der Waals surface area contributed by atoms with E-state index in [0.717, 1.165) is 25.9 Å². The predicted molar refractivity (Wildman–Crippen MR) is 116 cm³/mol. The second-order valence-corrected chi connectivity index (χ2v) is 9.74. The van der Waals surface area contributed by atoms with Crippen molar-refractivity contribution in [2.24, 2.45) is 5.92 Å². The highest BCUT2D eigenvalue weighted by atomic mass is 32.2. The highest BCUT2D eigenvalue weighted by molar-refractivity contribution is 7.89. The van der Waals surface area contributed by atoms with Gasteiger partial charge in [-0.1, -0.05) is 17.3 Å². The van der Waals surface area contributed by atoms with Gasteiger partial charge in [0.25, 0.3) is 5.89 Å². The number of aryl methyl sites for hydroxylation is 1. The van der Waals surface area contributed by atoms with Crippen LogP contribution in [-0.2, 0) is 10.0 Å². The molecule has 11 heteroatoms. The number of para-hydroxylation sites is 1. The van der Waals surface area contributed by atoms with E-state index in [1.54, 1.807) is 32.0 Å². The molecule has 0 atom stereocenters. The molecule has 1 saturated heterocycles. The Balaban J connectivity index is 1.61. The predicted octanol–water partition coefficient (Wildman–Crippen LogP) is 2.18. The second kappa shape index (κ2) is 10.2. The lowest BCUT2D eigenvalue weighted by Crippen LogP contribution is -2.43. The van der Waals surface area contributed by atoms with Gasteiger partial charge in [0, 0.05) is 19.6 Å². The molecule has 0 aliphatic carbocycles. The number of aromatic nitrogens is 2. The highest BCUT2D eigenvalue weighted by Crippen LogP contribution is 2.31. The van der Waals surface area contributed by atoms with E-state index in [4.69, 9.17) is 4.52 Å². The number of nitrogens with zero attached hydrogens (tertiary/aromatic N) is 4. The zero-order valence-electron chi connectivity index (χ0n) is 17.8. The summed E-state index contributed by atoms with van der Waals surface area (Å²) in [5.74, 6) is 1.06. The lowest BCUT2D eigenvalue weighted by molar-refractivity contribution is 0.180. The molecule has 170 valence electrons. The maximum Gasteiger partial charge on any atom is 0.411 e. The van der Waals surface area contributed by atoms with Gasteiger partial charge in [0.05, 0.1) is 17.0 Å². The van der Waals surface area contributed by atoms with Gasteiger partial charge >= 0.3 is 6.09 Å². The van der Waals surface area contributed by atoms with Crippen LogP contribution in [0.5, 0.6) is 0 Å². The zero-order chi connectivity index (χ0) is 22.4. The first-order valence-electron chi connectivity index (χ1n) is 10.4. The van der Waals surface area contributed by atoms with Crippen LogP contribution in [0.3, 0.4) is 0 Å². The molecular formula is C20H29N5O5S. The minimum Gasteiger partial charge on any atom is -0.465 e. The Morgan fingerprint density at radius 1 is 1.32 bits per heavy atom. The molecule has 3 rings (SSSR count). The summed E-state index contributed by atoms with van der Waals surface area (Å²) < 4.78 is 30.9. The van der Waals surface area contributed by atoms with Crippen molar-refractivity contribution in [1.82, 2.24) is 19.8 Å². The summed E-state index contributed by atoms with van der Waals surface area (Å²) in [6.07, 6.45) is 0.651. The second-order valence-electron chi connectivity index (χ2n) is 7.64. The fraction of sp³-hybridized carbons (Fsp3) is 0.550. The number of benzene rings is 1. The quantitative estimate of drug-likeness (QED) is 0.594. The van der Waals surface area contributed by atoms with Gasteiger partial charge in [0.2, 0.25) is 10.0 Å². The van der Waals surface area contributed by atoms with E-state index in [9.17, 15) is 18.3 Å². The van der Waals surface area contributed by atoms with Crippen LogP contribution in [0.1, 0.15) is 25.6 Å². The van der Waals surface area contributed by atoms with Crippen LogP contribution in [0.2, 0.25) is 0 Å². The number of hydrogen-bond acceptors (Lipinski definition) is 7. The fourth-order valence-electron chi connectivity index (χ4n) is 3.69. The Bertz CT molecular complexity index is 985. The summed E-state index contributed by atoms with van der Waals surface area (Å²) in [5, 5.41) is 13.7. The van der Waals surface area contributed by atoms with Crippen LogP contribution in [0.15, 0.2) is 28.8 Å². The van der Waals surface area contributed by atoms with Crippen LogP contribution in [-0.4, -0.2) is 73.1 Å². The summed E-state index contributed by atoms with van der Waals surface area (Å²) >= 11 is 0. The molecule has 0 radical (unpaired) electrons. The molecule has 0 unspecified atom stereocenters. The third-order valence-corrected chi connectivity index (χ3v) is 6.87. The molecule has 1 amide bonds. The largest absolute Gasteiger partial charge is 0.465 e. The van der Waals surface area contributed by atoms with E-state index in [1.165, 1.54) is 4.90 Å². The van der Waals surface area contributed by atoms with Gasteiger partial charge in [-0.2, -0.15) is 4.98 Å². The molecule has 0 bridgehead atoms. The molecule has 10 nitrogen and oxygen atoms in total. The molecule has 2 heterocycles. The lowest BCUT2D eigenvalue weighted by atomic mass is 9.95. The first-order valence-corrected chi connectivity index (χ1v) is 12.0. The van der Waals surface area contributed by atoms with Crippen LogP contribution < -0.4 is 9.62 Å². The summed E-state index contributed by atoms with van der Waals surface area (Å²) in [5.41, 5.74) is 1.11. The number of likely N-dealkylation sites (tertiary alicyclic amines) is 1. The standard InChI is InChI=1S/C20H29N5O5S/c1-3-31(28,29)21-10-13-24-11-8-16(9-12-24)14-25(20(26)27)18-7-5-4-6-17(18)19-22-15(2)23-30-19/h4-7,16,21H,3,8-14H2,1-2H3,(H,26,27). The third kappa shape index (κ3) is 6.25. The smallest absolute Gasteiger partial charge is 0.411 e. The van der Waals surface area contributed by atoms with Crippen molar-refractivity contribution in [3.63, 3.8) is 0 Å². The fourth-order valence-corrected chi connectivity index (χ4v) is 4.29. The Morgan fingerprint density at radius 3 is 2.65 bits per heavy atom. The summed E-state index contributed by atoms with van der Waals surface area (Å²) in [7, 11) is -3.18. The average molecular weight is 452 g/mol. The molecular weight excluding hydrogens is 422 g/mol. The molecule has 1 aromatic carbocycles.